The van der Waals surface area contributed by atoms with Gasteiger partial charge < -0.3 is 4.90 Å². The molecule has 0 aliphatic carbocycles. The van der Waals surface area contributed by atoms with Gasteiger partial charge in [0.05, 0.1) is 5.56 Å². The van der Waals surface area contributed by atoms with E-state index >= 15 is 0 Å². The van der Waals surface area contributed by atoms with Crippen molar-refractivity contribution in [3.63, 3.8) is 0 Å². The summed E-state index contributed by atoms with van der Waals surface area (Å²) in [6.45, 7) is 2.08. The quantitative estimate of drug-likeness (QED) is 0.800. The monoisotopic (exact) mass is 317 g/mol. The molecule has 0 radical (unpaired) electrons. The van der Waals surface area contributed by atoms with E-state index < -0.39 is 0 Å². The first-order chi connectivity index (χ1) is 10.8. The van der Waals surface area contributed by atoms with E-state index in [0.29, 0.717) is 16.1 Å². The number of aromatic nitrogens is 2. The maximum Gasteiger partial charge on any atom is 0.225 e. The molecule has 22 heavy (non-hydrogen) atoms. The van der Waals surface area contributed by atoms with Crippen molar-refractivity contribution in [1.82, 2.24) is 9.97 Å². The van der Waals surface area contributed by atoms with Gasteiger partial charge in [-0.3, -0.25) is 4.79 Å². The van der Waals surface area contributed by atoms with Crippen LogP contribution in [0.3, 0.4) is 0 Å². The Morgan fingerprint density at radius 2 is 1.68 bits per heavy atom. The van der Waals surface area contributed by atoms with Crippen LogP contribution in [0.1, 0.15) is 55.3 Å². The number of rotatable bonds is 3. The van der Waals surface area contributed by atoms with Crippen molar-refractivity contribution in [2.45, 2.75) is 55.4 Å². The Labute approximate surface area is 136 Å². The number of carbonyl (C=O) groups excluding carboxylic acids is 1. The van der Waals surface area contributed by atoms with Gasteiger partial charge in [-0.15, -0.1) is 0 Å². The van der Waals surface area contributed by atoms with Crippen LogP contribution >= 0.6 is 11.8 Å². The fourth-order valence-corrected chi connectivity index (χ4v) is 5.87. The lowest BCUT2D eigenvalue weighted by molar-refractivity contribution is 0.0896. The zero-order valence-electron chi connectivity index (χ0n) is 12.9. The lowest BCUT2D eigenvalue weighted by atomic mass is 9.85. The van der Waals surface area contributed by atoms with E-state index in [-0.39, 0.29) is 11.7 Å². The van der Waals surface area contributed by atoms with Crippen molar-refractivity contribution in [3.05, 3.63) is 18.0 Å². The maximum absolute atomic E-state index is 12.8. The number of fused-ring (bicyclic) bond motifs is 2. The van der Waals surface area contributed by atoms with E-state index in [1.54, 1.807) is 12.4 Å². The summed E-state index contributed by atoms with van der Waals surface area (Å²) >= 11 is 2.12. The molecule has 5 heteroatoms. The zero-order valence-corrected chi connectivity index (χ0v) is 13.7. The molecule has 4 heterocycles. The van der Waals surface area contributed by atoms with Gasteiger partial charge in [0.2, 0.25) is 5.95 Å². The molecule has 4 rings (SSSR count). The van der Waals surface area contributed by atoms with E-state index in [1.165, 1.54) is 32.1 Å². The topological polar surface area (TPSA) is 46.1 Å². The lowest BCUT2D eigenvalue weighted by Gasteiger charge is -2.37. The van der Waals surface area contributed by atoms with Crippen molar-refractivity contribution >= 4 is 23.5 Å². The molecule has 3 aliphatic heterocycles. The van der Waals surface area contributed by atoms with Crippen LogP contribution in [0.4, 0.5) is 5.95 Å². The SMILES string of the molecule is O=C(c1cnc(N2CCCC2)nc1)C1CC2CCCC(C1)S2. The molecule has 2 bridgehead atoms. The molecule has 1 aromatic rings. The molecule has 3 saturated heterocycles. The summed E-state index contributed by atoms with van der Waals surface area (Å²) < 4.78 is 0. The Balaban J connectivity index is 1.45. The van der Waals surface area contributed by atoms with E-state index in [2.05, 4.69) is 26.6 Å². The average Bonchev–Trinajstić information content (AvgIpc) is 3.08. The molecule has 2 unspecified atom stereocenters. The third-order valence-corrected chi connectivity index (χ3v) is 6.84. The Bertz CT molecular complexity index is 529. The number of anilines is 1. The largest absolute Gasteiger partial charge is 0.341 e. The molecule has 3 fully saturated rings. The van der Waals surface area contributed by atoms with Gasteiger partial charge in [-0.05, 0) is 38.5 Å². The van der Waals surface area contributed by atoms with Gasteiger partial charge in [0, 0.05) is 41.9 Å². The van der Waals surface area contributed by atoms with Crippen molar-refractivity contribution in [2.24, 2.45) is 5.92 Å². The van der Waals surface area contributed by atoms with Crippen LogP contribution in [0.2, 0.25) is 0 Å². The molecule has 118 valence electrons. The van der Waals surface area contributed by atoms with Gasteiger partial charge in [0.1, 0.15) is 0 Å². The summed E-state index contributed by atoms with van der Waals surface area (Å²) in [4.78, 5) is 23.8. The number of carbonyl (C=O) groups is 1. The van der Waals surface area contributed by atoms with Crippen molar-refractivity contribution < 1.29 is 4.79 Å². The minimum absolute atomic E-state index is 0.192. The van der Waals surface area contributed by atoms with Crippen molar-refractivity contribution in [1.29, 1.82) is 0 Å². The summed E-state index contributed by atoms with van der Waals surface area (Å²) in [6.07, 6.45) is 11.9. The molecule has 0 spiro atoms. The van der Waals surface area contributed by atoms with E-state index in [1.807, 2.05) is 0 Å². The number of Topliss-reactive ketones (excluding diaryl/α,β-unsaturated/α-hetero) is 1. The predicted molar refractivity (Wildman–Crippen MR) is 89.6 cm³/mol. The fraction of sp³-hybridized carbons (Fsp3) is 0.706. The van der Waals surface area contributed by atoms with E-state index in [4.69, 9.17) is 0 Å². The molecule has 0 N–H and O–H groups in total. The summed E-state index contributed by atoms with van der Waals surface area (Å²) in [5.74, 6) is 1.24. The number of thioether (sulfide) groups is 1. The molecular weight excluding hydrogens is 294 g/mol. The van der Waals surface area contributed by atoms with Gasteiger partial charge in [-0.1, -0.05) is 6.42 Å². The normalized spacial score (nSPS) is 31.3. The highest BCUT2D eigenvalue weighted by Crippen LogP contribution is 2.44. The Hall–Kier alpha value is -1.10. The van der Waals surface area contributed by atoms with Crippen molar-refractivity contribution in [3.8, 4) is 0 Å². The first kappa shape index (κ1) is 14.5. The molecular formula is C17H23N3OS. The first-order valence-corrected chi connectivity index (χ1v) is 9.50. The Morgan fingerprint density at radius 3 is 2.32 bits per heavy atom. The molecule has 3 aliphatic rings. The van der Waals surface area contributed by atoms with Gasteiger partial charge >= 0.3 is 0 Å². The maximum atomic E-state index is 12.8. The third-order valence-electron chi connectivity index (χ3n) is 5.21. The lowest BCUT2D eigenvalue weighted by Crippen LogP contribution is -2.33. The standard InChI is InChI=1S/C17H23N3OS/c21-16(12-8-14-4-3-5-15(9-12)22-14)13-10-18-17(19-11-13)20-6-1-2-7-20/h10-12,14-15H,1-9H2. The number of nitrogens with zero attached hydrogens (tertiary/aromatic N) is 3. The molecule has 0 saturated carbocycles. The van der Waals surface area contributed by atoms with Gasteiger partial charge in [-0.25, -0.2) is 9.97 Å². The van der Waals surface area contributed by atoms with Crippen LogP contribution in [-0.4, -0.2) is 39.3 Å². The Morgan fingerprint density at radius 1 is 1.05 bits per heavy atom. The van der Waals surface area contributed by atoms with Gasteiger partial charge in [-0.2, -0.15) is 11.8 Å². The van der Waals surface area contributed by atoms with Crippen LogP contribution in [0.25, 0.3) is 0 Å². The van der Waals surface area contributed by atoms with Crippen LogP contribution in [0.5, 0.6) is 0 Å². The zero-order chi connectivity index (χ0) is 14.9. The van der Waals surface area contributed by atoms with Gasteiger partial charge in [0.25, 0.3) is 0 Å². The van der Waals surface area contributed by atoms with Crippen molar-refractivity contribution in [2.75, 3.05) is 18.0 Å². The third kappa shape index (κ3) is 2.87. The summed E-state index contributed by atoms with van der Waals surface area (Å²) in [7, 11) is 0. The Kier molecular flexibility index (Phi) is 4.07. The molecule has 0 aromatic carbocycles. The highest BCUT2D eigenvalue weighted by Gasteiger charge is 2.36. The average molecular weight is 317 g/mol. The first-order valence-electron chi connectivity index (χ1n) is 8.56. The van der Waals surface area contributed by atoms with E-state index in [0.717, 1.165) is 31.9 Å². The minimum atomic E-state index is 0.192. The number of hydrogen-bond acceptors (Lipinski definition) is 5. The van der Waals surface area contributed by atoms with Crippen LogP contribution in [-0.2, 0) is 0 Å². The highest BCUT2D eigenvalue weighted by molar-refractivity contribution is 8.00. The smallest absolute Gasteiger partial charge is 0.225 e. The summed E-state index contributed by atoms with van der Waals surface area (Å²) in [6, 6.07) is 0. The summed E-state index contributed by atoms with van der Waals surface area (Å²) in [5, 5.41) is 1.40. The second-order valence-corrected chi connectivity index (χ2v) is 8.41. The minimum Gasteiger partial charge on any atom is -0.341 e. The summed E-state index contributed by atoms with van der Waals surface area (Å²) in [5.41, 5.74) is 0.706. The molecule has 1 aromatic heterocycles. The predicted octanol–water partition coefficient (Wildman–Crippen LogP) is 3.32. The molecule has 0 amide bonds. The molecule has 2 atom stereocenters. The number of hydrogen-bond donors (Lipinski definition) is 0. The second-order valence-electron chi connectivity index (χ2n) is 6.81. The van der Waals surface area contributed by atoms with Crippen LogP contribution < -0.4 is 4.90 Å². The van der Waals surface area contributed by atoms with Crippen LogP contribution in [0, 0.1) is 5.92 Å². The molecule has 4 nitrogen and oxygen atoms in total. The fourth-order valence-electron chi connectivity index (χ4n) is 4.04. The van der Waals surface area contributed by atoms with E-state index in [9.17, 15) is 4.79 Å². The highest BCUT2D eigenvalue weighted by atomic mass is 32.2. The number of ketones is 1. The second kappa shape index (κ2) is 6.19. The van der Waals surface area contributed by atoms with Gasteiger partial charge in [0.15, 0.2) is 5.78 Å². The van der Waals surface area contributed by atoms with Crippen LogP contribution in [0.15, 0.2) is 12.4 Å².